The summed E-state index contributed by atoms with van der Waals surface area (Å²) in [6.45, 7) is 0.00487. The molecule has 0 atom stereocenters. The second kappa shape index (κ2) is 8.91. The molecule has 0 aliphatic carbocycles. The van der Waals surface area contributed by atoms with Crippen LogP contribution < -0.4 is 0 Å². The Labute approximate surface area is 154 Å². The highest BCUT2D eigenvalue weighted by molar-refractivity contribution is 8.11. The monoisotopic (exact) mass is 381 g/mol. The van der Waals surface area contributed by atoms with Crippen molar-refractivity contribution in [2.75, 3.05) is 32.1 Å². The van der Waals surface area contributed by atoms with E-state index in [-0.39, 0.29) is 28.8 Å². The van der Waals surface area contributed by atoms with Gasteiger partial charge in [0.25, 0.3) is 5.91 Å². The zero-order chi connectivity index (χ0) is 18.4. The maximum Gasteiger partial charge on any atom is 0.343 e. The minimum absolute atomic E-state index is 0.0459. The molecule has 1 aromatic rings. The molecular formula is C16H19N3O4S2. The van der Waals surface area contributed by atoms with Crippen molar-refractivity contribution in [1.82, 2.24) is 14.8 Å². The number of hydrogen-bond donors (Lipinski definition) is 1. The van der Waals surface area contributed by atoms with Crippen LogP contribution in [0, 0.1) is 0 Å². The van der Waals surface area contributed by atoms with Gasteiger partial charge < -0.3 is 14.9 Å². The van der Waals surface area contributed by atoms with Gasteiger partial charge in [-0.15, -0.1) is 23.5 Å². The van der Waals surface area contributed by atoms with Crippen molar-refractivity contribution in [2.45, 2.75) is 6.54 Å². The van der Waals surface area contributed by atoms with Crippen LogP contribution in [0.15, 0.2) is 34.2 Å². The zero-order valence-corrected chi connectivity index (χ0v) is 15.6. The molecule has 2 heterocycles. The van der Waals surface area contributed by atoms with Crippen molar-refractivity contribution in [2.24, 2.45) is 0 Å². The Morgan fingerprint density at radius 2 is 1.84 bits per heavy atom. The number of carboxylic acids is 1. The Morgan fingerprint density at radius 3 is 2.40 bits per heavy atom. The van der Waals surface area contributed by atoms with E-state index < -0.39 is 11.9 Å². The number of rotatable bonds is 6. The van der Waals surface area contributed by atoms with E-state index in [4.69, 9.17) is 0 Å². The molecule has 134 valence electrons. The molecular weight excluding hydrogens is 362 g/mol. The average Bonchev–Trinajstić information content (AvgIpc) is 2.61. The quantitative estimate of drug-likeness (QED) is 0.793. The first kappa shape index (κ1) is 19.3. The van der Waals surface area contributed by atoms with Crippen LogP contribution in [-0.4, -0.2) is 69.8 Å². The number of hydrogen-bond acceptors (Lipinski definition) is 6. The predicted molar refractivity (Wildman–Crippen MR) is 97.9 cm³/mol. The molecule has 2 amide bonds. The summed E-state index contributed by atoms with van der Waals surface area (Å²) in [5.41, 5.74) is 0.633. The van der Waals surface area contributed by atoms with Gasteiger partial charge in [-0.1, -0.05) is 6.07 Å². The minimum Gasteiger partial charge on any atom is -0.477 e. The lowest BCUT2D eigenvalue weighted by Gasteiger charge is -2.26. The third kappa shape index (κ3) is 5.23. The van der Waals surface area contributed by atoms with Crippen molar-refractivity contribution in [1.29, 1.82) is 0 Å². The number of likely N-dealkylation sites (N-methyl/N-ethyl adjacent to an activating group) is 1. The minimum atomic E-state index is -1.11. The Bertz CT molecular complexity index is 692. The van der Waals surface area contributed by atoms with Gasteiger partial charge in [0, 0.05) is 31.8 Å². The highest BCUT2D eigenvalue weighted by Crippen LogP contribution is 2.35. The Hall–Kier alpha value is -2.00. The fraction of sp³-hybridized carbons (Fsp3) is 0.375. The standard InChI is InChI=1S/C16H19N3O4S2/c1-18(2)12(20)10-19(9-11-5-3-4-6-17-11)15(21)13-14(16(22)23)25-8-7-24-13/h3-6H,7-10H2,1-2H3,(H,22,23). The average molecular weight is 381 g/mol. The normalized spacial score (nSPS) is 14.2. The molecule has 0 aromatic carbocycles. The first-order valence-corrected chi connectivity index (χ1v) is 9.49. The Morgan fingerprint density at radius 1 is 1.16 bits per heavy atom. The maximum absolute atomic E-state index is 12.9. The van der Waals surface area contributed by atoms with Crippen molar-refractivity contribution in [3.05, 3.63) is 39.9 Å². The number of aliphatic carboxylic acids is 1. The highest BCUT2D eigenvalue weighted by Gasteiger charge is 2.30. The van der Waals surface area contributed by atoms with E-state index in [1.54, 1.807) is 38.5 Å². The van der Waals surface area contributed by atoms with E-state index in [1.807, 2.05) is 0 Å². The van der Waals surface area contributed by atoms with Crippen molar-refractivity contribution < 1.29 is 19.5 Å². The molecule has 25 heavy (non-hydrogen) atoms. The van der Waals surface area contributed by atoms with Gasteiger partial charge >= 0.3 is 5.97 Å². The van der Waals surface area contributed by atoms with Crippen molar-refractivity contribution in [3.8, 4) is 0 Å². The smallest absolute Gasteiger partial charge is 0.343 e. The van der Waals surface area contributed by atoms with Gasteiger partial charge in [0.1, 0.15) is 11.4 Å². The Kier molecular flexibility index (Phi) is 6.89. The summed E-state index contributed by atoms with van der Waals surface area (Å²) in [5, 5.41) is 9.35. The van der Waals surface area contributed by atoms with Crippen LogP contribution in [0.2, 0.25) is 0 Å². The van der Waals surface area contributed by atoms with Gasteiger partial charge in [-0.05, 0) is 12.1 Å². The third-order valence-electron chi connectivity index (χ3n) is 3.36. The molecule has 2 rings (SSSR count). The van der Waals surface area contributed by atoms with Gasteiger partial charge in [0.05, 0.1) is 17.1 Å². The summed E-state index contributed by atoms with van der Waals surface area (Å²) < 4.78 is 0. The molecule has 0 bridgehead atoms. The summed E-state index contributed by atoms with van der Waals surface area (Å²) >= 11 is 2.38. The van der Waals surface area contributed by atoms with Crippen LogP contribution in [0.5, 0.6) is 0 Å². The van der Waals surface area contributed by atoms with Crippen molar-refractivity contribution >= 4 is 41.3 Å². The summed E-state index contributed by atoms with van der Waals surface area (Å²) in [5.74, 6) is -0.510. The summed E-state index contributed by atoms with van der Waals surface area (Å²) in [6, 6.07) is 5.32. The molecule has 1 aliphatic heterocycles. The fourth-order valence-corrected chi connectivity index (χ4v) is 4.31. The van der Waals surface area contributed by atoms with Crippen LogP contribution in [0.1, 0.15) is 5.69 Å². The lowest BCUT2D eigenvalue weighted by atomic mass is 10.3. The van der Waals surface area contributed by atoms with E-state index in [2.05, 4.69) is 4.98 Å². The number of carbonyl (C=O) groups excluding carboxylic acids is 2. The molecule has 0 unspecified atom stereocenters. The highest BCUT2D eigenvalue weighted by atomic mass is 32.2. The van der Waals surface area contributed by atoms with E-state index in [0.717, 1.165) is 11.8 Å². The SMILES string of the molecule is CN(C)C(=O)CN(Cc1ccccn1)C(=O)C1=C(C(=O)O)SCCS1. The summed E-state index contributed by atoms with van der Waals surface area (Å²) in [7, 11) is 3.22. The molecule has 1 N–H and O–H groups in total. The number of thioether (sulfide) groups is 2. The van der Waals surface area contributed by atoms with Gasteiger partial charge in [0.15, 0.2) is 0 Å². The number of aromatic nitrogens is 1. The third-order valence-corrected chi connectivity index (χ3v) is 5.90. The molecule has 1 aliphatic rings. The second-order valence-corrected chi connectivity index (χ2v) is 7.64. The molecule has 0 spiro atoms. The largest absolute Gasteiger partial charge is 0.477 e. The van der Waals surface area contributed by atoms with E-state index >= 15 is 0 Å². The van der Waals surface area contributed by atoms with Gasteiger partial charge in [-0.2, -0.15) is 0 Å². The van der Waals surface area contributed by atoms with Crippen LogP contribution >= 0.6 is 23.5 Å². The van der Waals surface area contributed by atoms with Gasteiger partial charge in [0.2, 0.25) is 5.91 Å². The van der Waals surface area contributed by atoms with Crippen LogP contribution in [-0.2, 0) is 20.9 Å². The molecule has 0 saturated carbocycles. The number of amides is 2. The number of nitrogens with zero attached hydrogens (tertiary/aromatic N) is 3. The topological polar surface area (TPSA) is 90.8 Å². The first-order valence-electron chi connectivity index (χ1n) is 7.52. The van der Waals surface area contributed by atoms with Crippen molar-refractivity contribution in [3.63, 3.8) is 0 Å². The molecule has 1 aromatic heterocycles. The van der Waals surface area contributed by atoms with E-state index in [0.29, 0.717) is 17.2 Å². The van der Waals surface area contributed by atoms with Gasteiger partial charge in [-0.25, -0.2) is 4.79 Å². The second-order valence-electron chi connectivity index (χ2n) is 5.43. The lowest BCUT2D eigenvalue weighted by molar-refractivity contribution is -0.137. The predicted octanol–water partition coefficient (Wildman–Crippen LogP) is 1.27. The van der Waals surface area contributed by atoms with Gasteiger partial charge in [-0.3, -0.25) is 14.6 Å². The molecule has 0 radical (unpaired) electrons. The van der Waals surface area contributed by atoms with Crippen LogP contribution in [0.4, 0.5) is 0 Å². The number of pyridine rings is 1. The number of carboxylic acid groups (broad SMARTS) is 1. The lowest BCUT2D eigenvalue weighted by Crippen LogP contribution is -2.41. The number of carbonyl (C=O) groups is 3. The van der Waals surface area contributed by atoms with E-state index in [9.17, 15) is 19.5 Å². The summed E-state index contributed by atoms with van der Waals surface area (Å²) in [4.78, 5) is 43.7. The summed E-state index contributed by atoms with van der Waals surface area (Å²) in [6.07, 6.45) is 1.61. The molecule has 7 nitrogen and oxygen atoms in total. The fourth-order valence-electron chi connectivity index (χ4n) is 2.07. The molecule has 0 fully saturated rings. The first-order chi connectivity index (χ1) is 11.9. The maximum atomic E-state index is 12.9. The Balaban J connectivity index is 2.31. The van der Waals surface area contributed by atoms with Crippen LogP contribution in [0.3, 0.4) is 0 Å². The molecule has 0 saturated heterocycles. The van der Waals surface area contributed by atoms with E-state index in [1.165, 1.54) is 21.6 Å². The zero-order valence-electron chi connectivity index (χ0n) is 14.0. The van der Waals surface area contributed by atoms with Crippen LogP contribution in [0.25, 0.3) is 0 Å². The molecule has 9 heteroatoms.